The van der Waals surface area contributed by atoms with Gasteiger partial charge in [0.1, 0.15) is 6.04 Å². The first-order chi connectivity index (χ1) is 8.99. The number of hydrogen-bond donors (Lipinski definition) is 1. The molecule has 0 spiro atoms. The highest BCUT2D eigenvalue weighted by Gasteiger charge is 2.31. The number of carbonyl (C=O) groups is 2. The molecule has 4 heteroatoms. The van der Waals surface area contributed by atoms with E-state index in [9.17, 15) is 9.59 Å². The van der Waals surface area contributed by atoms with E-state index in [1.54, 1.807) is 4.90 Å². The van der Waals surface area contributed by atoms with Gasteiger partial charge in [0.05, 0.1) is 6.54 Å². The van der Waals surface area contributed by atoms with Crippen LogP contribution >= 0.6 is 0 Å². The summed E-state index contributed by atoms with van der Waals surface area (Å²) >= 11 is 0. The van der Waals surface area contributed by atoms with Crippen molar-refractivity contribution in [2.24, 2.45) is 0 Å². The maximum atomic E-state index is 12.2. The molecular formula is C15H20N2O2. The highest BCUT2D eigenvalue weighted by atomic mass is 16.2. The average molecular weight is 260 g/mol. The molecule has 1 saturated heterocycles. The first kappa shape index (κ1) is 13.6. The van der Waals surface area contributed by atoms with Gasteiger partial charge in [-0.15, -0.1) is 0 Å². The lowest BCUT2D eigenvalue weighted by Crippen LogP contribution is -2.57. The zero-order chi connectivity index (χ0) is 14.0. The number of piperazine rings is 1. The highest BCUT2D eigenvalue weighted by Crippen LogP contribution is 2.14. The van der Waals surface area contributed by atoms with Crippen molar-refractivity contribution >= 4 is 11.8 Å². The van der Waals surface area contributed by atoms with Gasteiger partial charge in [0.15, 0.2) is 0 Å². The second-order valence-electron chi connectivity index (χ2n) is 5.22. The fourth-order valence-corrected chi connectivity index (χ4v) is 2.56. The number of nitrogens with zero attached hydrogens (tertiary/aromatic N) is 1. The van der Waals surface area contributed by atoms with Crippen LogP contribution in [0.15, 0.2) is 18.2 Å². The SMILES string of the molecule is CCC1NC(=O)CN(Cc2cc(C)cc(C)c2)C1=O. The highest BCUT2D eigenvalue weighted by molar-refractivity contribution is 5.94. The summed E-state index contributed by atoms with van der Waals surface area (Å²) in [5, 5.41) is 2.72. The molecule has 1 N–H and O–H groups in total. The number of hydrogen-bond acceptors (Lipinski definition) is 2. The molecule has 0 aromatic heterocycles. The maximum absolute atomic E-state index is 12.2. The van der Waals surface area contributed by atoms with Gasteiger partial charge in [-0.3, -0.25) is 9.59 Å². The summed E-state index contributed by atoms with van der Waals surface area (Å²) < 4.78 is 0. The molecule has 2 rings (SSSR count). The van der Waals surface area contributed by atoms with Crippen molar-refractivity contribution in [3.05, 3.63) is 34.9 Å². The van der Waals surface area contributed by atoms with Gasteiger partial charge in [0.2, 0.25) is 11.8 Å². The molecule has 0 saturated carbocycles. The molecule has 0 bridgehead atoms. The summed E-state index contributed by atoms with van der Waals surface area (Å²) in [4.78, 5) is 25.4. The molecule has 0 radical (unpaired) electrons. The average Bonchev–Trinajstić information content (AvgIpc) is 2.32. The molecule has 1 aromatic rings. The van der Waals surface area contributed by atoms with E-state index >= 15 is 0 Å². The van der Waals surface area contributed by atoms with Gasteiger partial charge in [0, 0.05) is 6.54 Å². The summed E-state index contributed by atoms with van der Waals surface area (Å²) in [6.07, 6.45) is 0.633. The molecule has 2 amide bonds. The second-order valence-corrected chi connectivity index (χ2v) is 5.22. The van der Waals surface area contributed by atoms with Crippen molar-refractivity contribution in [1.29, 1.82) is 0 Å². The van der Waals surface area contributed by atoms with Gasteiger partial charge in [-0.25, -0.2) is 0 Å². The smallest absolute Gasteiger partial charge is 0.245 e. The van der Waals surface area contributed by atoms with E-state index in [4.69, 9.17) is 0 Å². The summed E-state index contributed by atoms with van der Waals surface area (Å²) in [5.74, 6) is -0.0583. The fourth-order valence-electron chi connectivity index (χ4n) is 2.56. The predicted molar refractivity (Wildman–Crippen MR) is 73.6 cm³/mol. The van der Waals surface area contributed by atoms with Crippen LogP contribution < -0.4 is 5.32 Å². The number of benzene rings is 1. The van der Waals surface area contributed by atoms with Crippen molar-refractivity contribution in [3.8, 4) is 0 Å². The third kappa shape index (κ3) is 3.13. The molecule has 1 heterocycles. The molecule has 1 aliphatic heterocycles. The third-order valence-electron chi connectivity index (χ3n) is 3.34. The Kier molecular flexibility index (Phi) is 3.88. The topological polar surface area (TPSA) is 49.4 Å². The van der Waals surface area contributed by atoms with Crippen LogP contribution in [0.5, 0.6) is 0 Å². The number of carbonyl (C=O) groups excluding carboxylic acids is 2. The van der Waals surface area contributed by atoms with Crippen molar-refractivity contribution in [1.82, 2.24) is 10.2 Å². The zero-order valence-electron chi connectivity index (χ0n) is 11.7. The lowest BCUT2D eigenvalue weighted by molar-refractivity contribution is -0.144. The molecule has 1 unspecified atom stereocenters. The van der Waals surface area contributed by atoms with Crippen LogP contribution in [0.3, 0.4) is 0 Å². The standard InChI is InChI=1S/C15H20N2O2/c1-4-13-15(19)17(9-14(18)16-13)8-12-6-10(2)5-11(3)7-12/h5-7,13H,4,8-9H2,1-3H3,(H,16,18). The van der Waals surface area contributed by atoms with Crippen LogP contribution in [0.1, 0.15) is 30.0 Å². The molecule has 1 fully saturated rings. The van der Waals surface area contributed by atoms with E-state index in [1.165, 1.54) is 11.1 Å². The lowest BCUT2D eigenvalue weighted by Gasteiger charge is -2.32. The molecular weight excluding hydrogens is 240 g/mol. The summed E-state index contributed by atoms with van der Waals surface area (Å²) in [6, 6.07) is 5.86. The molecule has 0 aliphatic carbocycles. The lowest BCUT2D eigenvalue weighted by atomic mass is 10.1. The van der Waals surface area contributed by atoms with Gasteiger partial charge in [0.25, 0.3) is 0 Å². The van der Waals surface area contributed by atoms with Gasteiger partial charge in [-0.2, -0.15) is 0 Å². The Morgan fingerprint density at radius 2 is 1.84 bits per heavy atom. The van der Waals surface area contributed by atoms with E-state index in [0.717, 1.165) is 5.56 Å². The summed E-state index contributed by atoms with van der Waals surface area (Å²) in [5.41, 5.74) is 3.43. The fraction of sp³-hybridized carbons (Fsp3) is 0.467. The van der Waals surface area contributed by atoms with E-state index in [1.807, 2.05) is 20.8 Å². The summed E-state index contributed by atoms with van der Waals surface area (Å²) in [7, 11) is 0. The van der Waals surface area contributed by atoms with Crippen LogP contribution in [-0.2, 0) is 16.1 Å². The Balaban J connectivity index is 2.16. The van der Waals surface area contributed by atoms with Crippen LogP contribution in [0.4, 0.5) is 0 Å². The molecule has 19 heavy (non-hydrogen) atoms. The Morgan fingerprint density at radius 1 is 1.21 bits per heavy atom. The van der Waals surface area contributed by atoms with Gasteiger partial charge >= 0.3 is 0 Å². The van der Waals surface area contributed by atoms with E-state index in [2.05, 4.69) is 23.5 Å². The Bertz CT molecular complexity index is 491. The van der Waals surface area contributed by atoms with Gasteiger partial charge in [-0.05, 0) is 25.8 Å². The van der Waals surface area contributed by atoms with Crippen LogP contribution in [0, 0.1) is 13.8 Å². The molecule has 1 aliphatic rings. The van der Waals surface area contributed by atoms with Crippen molar-refractivity contribution < 1.29 is 9.59 Å². The zero-order valence-corrected chi connectivity index (χ0v) is 11.7. The third-order valence-corrected chi connectivity index (χ3v) is 3.34. The quantitative estimate of drug-likeness (QED) is 0.896. The number of aryl methyl sites for hydroxylation is 2. The number of amides is 2. The molecule has 1 aromatic carbocycles. The van der Waals surface area contributed by atoms with Gasteiger partial charge < -0.3 is 10.2 Å². The summed E-state index contributed by atoms with van der Waals surface area (Å²) in [6.45, 7) is 6.64. The normalized spacial score (nSPS) is 19.5. The minimum atomic E-state index is -0.368. The first-order valence-corrected chi connectivity index (χ1v) is 6.65. The molecule has 1 atom stereocenters. The van der Waals surface area contributed by atoms with E-state index < -0.39 is 0 Å². The van der Waals surface area contributed by atoms with Crippen LogP contribution in [-0.4, -0.2) is 29.3 Å². The number of nitrogens with one attached hydrogen (secondary N) is 1. The largest absolute Gasteiger partial charge is 0.343 e. The van der Waals surface area contributed by atoms with E-state index in [-0.39, 0.29) is 24.4 Å². The van der Waals surface area contributed by atoms with Crippen LogP contribution in [0.2, 0.25) is 0 Å². The maximum Gasteiger partial charge on any atom is 0.245 e. The Labute approximate surface area is 113 Å². The van der Waals surface area contributed by atoms with Crippen LogP contribution in [0.25, 0.3) is 0 Å². The Hall–Kier alpha value is -1.84. The number of rotatable bonds is 3. The Morgan fingerprint density at radius 3 is 2.42 bits per heavy atom. The molecule has 102 valence electrons. The van der Waals surface area contributed by atoms with Crippen molar-refractivity contribution in [2.75, 3.05) is 6.54 Å². The first-order valence-electron chi connectivity index (χ1n) is 6.65. The van der Waals surface area contributed by atoms with Crippen molar-refractivity contribution in [3.63, 3.8) is 0 Å². The second kappa shape index (κ2) is 5.43. The predicted octanol–water partition coefficient (Wildman–Crippen LogP) is 1.54. The van der Waals surface area contributed by atoms with Gasteiger partial charge in [-0.1, -0.05) is 36.2 Å². The minimum absolute atomic E-state index is 0.0151. The van der Waals surface area contributed by atoms with E-state index in [0.29, 0.717) is 13.0 Å². The molecule has 4 nitrogen and oxygen atoms in total. The van der Waals surface area contributed by atoms with Crippen molar-refractivity contribution in [2.45, 2.75) is 39.8 Å². The monoisotopic (exact) mass is 260 g/mol. The minimum Gasteiger partial charge on any atom is -0.343 e.